The second-order valence-corrected chi connectivity index (χ2v) is 29.2. The second kappa shape index (κ2) is 18.7. The third-order valence-corrected chi connectivity index (χ3v) is 34.8. The van der Waals surface area contributed by atoms with E-state index in [1.807, 2.05) is 13.8 Å². The molecule has 4 unspecified atom stereocenters. The van der Waals surface area contributed by atoms with Crippen LogP contribution in [0, 0.1) is 0 Å². The maximum absolute atomic E-state index is 5.58. The fourth-order valence-electron chi connectivity index (χ4n) is 0.677. The molecule has 0 rings (SSSR count). The van der Waals surface area contributed by atoms with E-state index in [0.29, 0.717) is 7.85 Å². The summed E-state index contributed by atoms with van der Waals surface area (Å²) < 4.78 is 12.9. The fraction of sp³-hybridized carbons (Fsp3) is 1.00. The molecule has 2 nitrogen and oxygen atoms in total. The molecule has 0 aliphatic rings. The Labute approximate surface area is 229 Å². The predicted octanol–water partition coefficient (Wildman–Crippen LogP) is 9.80. The number of halogens is 6. The molecule has 0 saturated carbocycles. The fourth-order valence-corrected chi connectivity index (χ4v) is 14.8. The Hall–Kier alpha value is 5.00. The van der Waals surface area contributed by atoms with Gasteiger partial charge in [-0.1, -0.05) is 14.9 Å². The summed E-state index contributed by atoms with van der Waals surface area (Å²) in [6.45, 7) is 14.6. The maximum atomic E-state index is 5.58. The second-order valence-electron chi connectivity index (χ2n) is 4.40. The van der Waals surface area contributed by atoms with Gasteiger partial charge in [-0.25, -0.2) is 0 Å². The molecule has 0 bridgehead atoms. The molecule has 0 fully saturated rings. The number of rotatable bonds is 8. The van der Waals surface area contributed by atoms with Crippen molar-refractivity contribution in [1.29, 1.82) is 0 Å². The molecule has 4 atom stereocenters. The van der Waals surface area contributed by atoms with Crippen molar-refractivity contribution in [2.75, 3.05) is 13.2 Å². The van der Waals surface area contributed by atoms with Crippen LogP contribution in [0.3, 0.4) is 0 Å². The van der Waals surface area contributed by atoms with E-state index in [-0.39, 0.29) is 17.7 Å². The van der Waals surface area contributed by atoms with E-state index in [0.717, 1.165) is 13.2 Å². The first-order valence-corrected chi connectivity index (χ1v) is 21.6. The molecule has 0 aromatic heterocycles. The Kier molecular flexibility index (Phi) is 28.4. The van der Waals surface area contributed by atoms with Crippen LogP contribution in [0.1, 0.15) is 56.4 Å². The van der Waals surface area contributed by atoms with Crippen LogP contribution in [0.5, 0.6) is 0 Å². The van der Waals surface area contributed by atoms with E-state index in [4.69, 9.17) is 6.13 Å². The molecule has 24 heavy (non-hydrogen) atoms. The van der Waals surface area contributed by atoms with Gasteiger partial charge in [-0.3, -0.25) is 0 Å². The van der Waals surface area contributed by atoms with Crippen LogP contribution >= 0.6 is 148 Å². The molecule has 0 aliphatic heterocycles. The van der Waals surface area contributed by atoms with Crippen LogP contribution in [-0.2, 0) is 6.13 Å². The summed E-state index contributed by atoms with van der Waals surface area (Å²) >= 11 is 6.91. The van der Waals surface area contributed by atoms with Gasteiger partial charge in [-0.15, -0.1) is 0 Å². The van der Waals surface area contributed by atoms with Crippen LogP contribution in [0.25, 0.3) is 0 Å². The Bertz CT molecular complexity index is 266. The summed E-state index contributed by atoms with van der Waals surface area (Å²) in [6.07, 6.45) is 0. The Morgan fingerprint density at radius 1 is 0.833 bits per heavy atom. The van der Waals surface area contributed by atoms with E-state index >= 15 is 0 Å². The standard InChI is InChI=1S/2C6H13I3OS.2CH4/c2*1-4-10-9(11)6(3,8)5(2)7;;/h2*5,11H,4H2,1-3H3;2*1H4. The van der Waals surface area contributed by atoms with Gasteiger partial charge < -0.3 is 0 Å². The van der Waals surface area contributed by atoms with Crippen molar-refractivity contribution in [2.24, 2.45) is 0 Å². The third-order valence-electron chi connectivity index (χ3n) is 2.45. The molecule has 0 spiro atoms. The Morgan fingerprint density at radius 2 is 1.04 bits per heavy atom. The zero-order valence-corrected chi connectivity index (χ0v) is 28.3. The molecule has 0 aromatic carbocycles. The van der Waals surface area contributed by atoms with Crippen LogP contribution in [0.2, 0.25) is 0 Å². The summed E-state index contributed by atoms with van der Waals surface area (Å²) in [5, 5.41) is 0. The third kappa shape index (κ3) is 14.9. The van der Waals surface area contributed by atoms with E-state index < -0.39 is 37.7 Å². The zero-order valence-electron chi connectivity index (χ0n) is 13.5. The average Bonchev–Trinajstić information content (AvgIpc) is 2.39. The van der Waals surface area contributed by atoms with E-state index in [9.17, 15) is 0 Å². The van der Waals surface area contributed by atoms with Gasteiger partial charge in [0.1, 0.15) is 0 Å². The summed E-state index contributed by atoms with van der Waals surface area (Å²) in [5.41, 5.74) is 0. The molecule has 0 radical (unpaired) electrons. The molecule has 0 aromatic rings. The minimum atomic E-state index is -1.46. The van der Waals surface area contributed by atoms with Gasteiger partial charge in [0.05, 0.1) is 0 Å². The molecule has 0 N–H and O–H groups in total. The minimum absolute atomic E-state index is 0. The van der Waals surface area contributed by atoms with E-state index in [1.165, 1.54) is 0 Å². The topological polar surface area (TPSA) is 18.5 Å². The average molecular weight is 1060 g/mol. The molecule has 0 heterocycles. The molecular weight excluding hydrogens is 1030 g/mol. The van der Waals surface area contributed by atoms with Gasteiger partial charge in [-0.05, 0) is 0 Å². The van der Waals surface area contributed by atoms with Gasteiger partial charge in [0, 0.05) is 0 Å². The van der Waals surface area contributed by atoms with Crippen molar-refractivity contribution in [3.8, 4) is 0 Å². The molecule has 0 amide bonds. The quantitative estimate of drug-likeness (QED) is 0.144. The predicted molar refractivity (Wildman–Crippen MR) is 175 cm³/mol. The van der Waals surface area contributed by atoms with Gasteiger partial charge >= 0.3 is 219 Å². The van der Waals surface area contributed by atoms with Crippen molar-refractivity contribution >= 4 is 148 Å². The molecule has 0 saturated heterocycles. The van der Waals surface area contributed by atoms with Crippen LogP contribution in [-0.4, -0.2) is 23.9 Å². The summed E-state index contributed by atoms with van der Waals surface area (Å²) in [5.74, 6) is 0. The number of hydrogen-bond acceptors (Lipinski definition) is 4. The van der Waals surface area contributed by atoms with Gasteiger partial charge in [-0.2, -0.15) is 0 Å². The van der Waals surface area contributed by atoms with Crippen molar-refractivity contribution in [1.82, 2.24) is 0 Å². The normalized spacial score (nSPS) is 19.0. The Morgan fingerprint density at radius 3 is 1.17 bits per heavy atom. The van der Waals surface area contributed by atoms with Gasteiger partial charge in [0.25, 0.3) is 0 Å². The summed E-state index contributed by atoms with van der Waals surface area (Å²) in [7, 11) is 9.10. The first-order chi connectivity index (χ1) is 9.85. The van der Waals surface area contributed by atoms with Crippen LogP contribution < -0.4 is 0 Å². The Balaban J connectivity index is -0.000000154. The number of hydrogen-bond donors (Lipinski definition) is 2. The van der Waals surface area contributed by atoms with Crippen LogP contribution in [0.15, 0.2) is 0 Å². The SMILES string of the molecule is C.C.CCOI(S)C(C)(I)C(C)I.CCOI(S)C(C)(I)C(C)I. The molecular formula is C14H34I6O2S2. The van der Waals surface area contributed by atoms with Crippen molar-refractivity contribution < 1.29 is 6.13 Å². The van der Waals surface area contributed by atoms with Crippen molar-refractivity contribution in [3.63, 3.8) is 0 Å². The first kappa shape index (κ1) is 36.4. The zero-order chi connectivity index (χ0) is 18.1. The van der Waals surface area contributed by atoms with Crippen molar-refractivity contribution in [3.05, 3.63) is 0 Å². The summed E-state index contributed by atoms with van der Waals surface area (Å²) in [6, 6.07) is 0. The van der Waals surface area contributed by atoms with E-state index in [1.54, 1.807) is 0 Å². The monoisotopic (exact) mass is 1060 g/mol. The van der Waals surface area contributed by atoms with Gasteiger partial charge in [0.15, 0.2) is 0 Å². The summed E-state index contributed by atoms with van der Waals surface area (Å²) in [4.78, 5) is 0. The number of alkyl halides is 6. The molecule has 156 valence electrons. The number of thiol groups is 2. The van der Waals surface area contributed by atoms with Crippen molar-refractivity contribution in [2.45, 2.75) is 67.1 Å². The van der Waals surface area contributed by atoms with E-state index in [2.05, 4.69) is 138 Å². The van der Waals surface area contributed by atoms with Crippen LogP contribution in [0.4, 0.5) is 0 Å². The van der Waals surface area contributed by atoms with Gasteiger partial charge in [0.2, 0.25) is 0 Å². The first-order valence-electron chi connectivity index (χ1n) is 6.56. The molecule has 10 heteroatoms. The molecule has 0 aliphatic carbocycles.